The summed E-state index contributed by atoms with van der Waals surface area (Å²) in [6.07, 6.45) is 0. The van der Waals surface area contributed by atoms with Gasteiger partial charge in [0.05, 0.1) is 4.47 Å². The third-order valence-electron chi connectivity index (χ3n) is 2.09. The van der Waals surface area contributed by atoms with E-state index in [9.17, 15) is 4.79 Å². The SMILES string of the molecule is NC(C(=O)O)c1cc2cccc(Br)c2o1. The molecule has 2 rings (SSSR count). The van der Waals surface area contributed by atoms with Crippen LogP contribution < -0.4 is 5.73 Å². The fraction of sp³-hybridized carbons (Fsp3) is 0.100. The third-order valence-corrected chi connectivity index (χ3v) is 2.71. The second kappa shape index (κ2) is 3.67. The van der Waals surface area contributed by atoms with Gasteiger partial charge in [-0.15, -0.1) is 0 Å². The second-order valence-electron chi connectivity index (χ2n) is 3.12. The first-order chi connectivity index (χ1) is 7.09. The Kier molecular flexibility index (Phi) is 2.50. The van der Waals surface area contributed by atoms with Crippen molar-refractivity contribution in [1.82, 2.24) is 0 Å². The summed E-state index contributed by atoms with van der Waals surface area (Å²) in [5.74, 6) is -0.852. The van der Waals surface area contributed by atoms with Crippen LogP contribution in [0.25, 0.3) is 11.0 Å². The van der Waals surface area contributed by atoms with Gasteiger partial charge in [0, 0.05) is 5.39 Å². The van der Waals surface area contributed by atoms with Gasteiger partial charge >= 0.3 is 5.97 Å². The summed E-state index contributed by atoms with van der Waals surface area (Å²) in [6, 6.07) is 6.02. The van der Waals surface area contributed by atoms with E-state index in [2.05, 4.69) is 15.9 Å². The molecule has 0 spiro atoms. The Hall–Kier alpha value is -1.33. The lowest BCUT2D eigenvalue weighted by Gasteiger charge is -2.00. The van der Waals surface area contributed by atoms with Crippen LogP contribution >= 0.6 is 15.9 Å². The highest BCUT2D eigenvalue weighted by Crippen LogP contribution is 2.28. The van der Waals surface area contributed by atoms with Gasteiger partial charge in [0.2, 0.25) is 0 Å². The van der Waals surface area contributed by atoms with Crippen LogP contribution in [0, 0.1) is 0 Å². The Morgan fingerprint density at radius 1 is 1.53 bits per heavy atom. The van der Waals surface area contributed by atoms with Crippen LogP contribution in [0.4, 0.5) is 0 Å². The van der Waals surface area contributed by atoms with Crippen molar-refractivity contribution in [3.05, 3.63) is 34.5 Å². The zero-order chi connectivity index (χ0) is 11.0. The summed E-state index contributed by atoms with van der Waals surface area (Å²) in [5, 5.41) is 9.56. The predicted octanol–water partition coefficient (Wildman–Crippen LogP) is 2.28. The van der Waals surface area contributed by atoms with Crippen molar-refractivity contribution >= 4 is 32.9 Å². The van der Waals surface area contributed by atoms with Gasteiger partial charge in [0.25, 0.3) is 0 Å². The maximum Gasteiger partial charge on any atom is 0.328 e. The van der Waals surface area contributed by atoms with Crippen molar-refractivity contribution in [2.75, 3.05) is 0 Å². The fourth-order valence-electron chi connectivity index (χ4n) is 1.32. The first kappa shape index (κ1) is 10.2. The molecule has 3 N–H and O–H groups in total. The Morgan fingerprint density at radius 2 is 2.27 bits per heavy atom. The number of carboxylic acids is 1. The molecule has 1 atom stereocenters. The number of aliphatic carboxylic acids is 1. The minimum Gasteiger partial charge on any atom is -0.480 e. The number of benzene rings is 1. The topological polar surface area (TPSA) is 76.5 Å². The number of furan rings is 1. The van der Waals surface area contributed by atoms with Crippen molar-refractivity contribution in [2.45, 2.75) is 6.04 Å². The van der Waals surface area contributed by atoms with Gasteiger partial charge in [-0.1, -0.05) is 12.1 Å². The van der Waals surface area contributed by atoms with Crippen LogP contribution in [0.5, 0.6) is 0 Å². The zero-order valence-corrected chi connectivity index (χ0v) is 9.19. The maximum absolute atomic E-state index is 10.7. The second-order valence-corrected chi connectivity index (χ2v) is 3.98. The van der Waals surface area contributed by atoms with Crippen molar-refractivity contribution in [2.24, 2.45) is 5.73 Å². The van der Waals surface area contributed by atoms with Gasteiger partial charge in [0.1, 0.15) is 11.3 Å². The van der Waals surface area contributed by atoms with Gasteiger partial charge in [-0.3, -0.25) is 4.79 Å². The molecular formula is C10H8BrNO3. The molecule has 0 saturated heterocycles. The number of carbonyl (C=O) groups is 1. The molecule has 2 aromatic rings. The lowest BCUT2D eigenvalue weighted by atomic mass is 10.2. The Morgan fingerprint density at radius 3 is 2.87 bits per heavy atom. The van der Waals surface area contributed by atoms with E-state index in [1.165, 1.54) is 0 Å². The van der Waals surface area contributed by atoms with Crippen LogP contribution in [0.3, 0.4) is 0 Å². The largest absolute Gasteiger partial charge is 0.480 e. The summed E-state index contributed by atoms with van der Waals surface area (Å²) >= 11 is 3.31. The number of rotatable bonds is 2. The highest BCUT2D eigenvalue weighted by Gasteiger charge is 2.19. The van der Waals surface area contributed by atoms with Crippen LogP contribution in [0.1, 0.15) is 11.8 Å². The summed E-state index contributed by atoms with van der Waals surface area (Å²) in [7, 11) is 0. The average Bonchev–Trinajstić information content (AvgIpc) is 2.61. The number of halogens is 1. The molecule has 1 aromatic carbocycles. The van der Waals surface area contributed by atoms with E-state index >= 15 is 0 Å². The molecule has 0 aliphatic heterocycles. The molecule has 0 aliphatic carbocycles. The number of para-hydroxylation sites is 1. The number of fused-ring (bicyclic) bond motifs is 1. The van der Waals surface area contributed by atoms with Gasteiger partial charge in [-0.25, -0.2) is 0 Å². The molecule has 4 nitrogen and oxygen atoms in total. The van der Waals surface area contributed by atoms with Crippen molar-refractivity contribution in [3.63, 3.8) is 0 Å². The number of carboxylic acid groups (broad SMARTS) is 1. The summed E-state index contributed by atoms with van der Waals surface area (Å²) in [4.78, 5) is 10.7. The zero-order valence-electron chi connectivity index (χ0n) is 7.61. The molecule has 1 unspecified atom stereocenters. The first-order valence-electron chi connectivity index (χ1n) is 4.26. The van der Waals surface area contributed by atoms with E-state index in [1.807, 2.05) is 18.2 Å². The van der Waals surface area contributed by atoms with Crippen LogP contribution in [0.2, 0.25) is 0 Å². The summed E-state index contributed by atoms with van der Waals surface area (Å²) in [5.41, 5.74) is 6.06. The molecule has 78 valence electrons. The molecule has 0 radical (unpaired) electrons. The van der Waals surface area contributed by atoms with Crippen LogP contribution in [0.15, 0.2) is 33.2 Å². The van der Waals surface area contributed by atoms with Crippen molar-refractivity contribution in [3.8, 4) is 0 Å². The van der Waals surface area contributed by atoms with E-state index in [1.54, 1.807) is 6.07 Å². The standard InChI is InChI=1S/C10H8BrNO3/c11-6-3-1-2-5-4-7(15-9(5)6)8(12)10(13)14/h1-4,8H,12H2,(H,13,14). The van der Waals surface area contributed by atoms with Crippen LogP contribution in [-0.4, -0.2) is 11.1 Å². The molecule has 15 heavy (non-hydrogen) atoms. The van der Waals surface area contributed by atoms with Gasteiger partial charge in [-0.05, 0) is 28.1 Å². The Balaban J connectivity index is 2.56. The van der Waals surface area contributed by atoms with E-state index in [0.29, 0.717) is 5.58 Å². The van der Waals surface area contributed by atoms with E-state index in [-0.39, 0.29) is 5.76 Å². The molecule has 1 aromatic heterocycles. The minimum absolute atomic E-state index is 0.254. The summed E-state index contributed by atoms with van der Waals surface area (Å²) < 4.78 is 6.15. The van der Waals surface area contributed by atoms with Gasteiger partial charge in [0.15, 0.2) is 6.04 Å². The lowest BCUT2D eigenvalue weighted by molar-refractivity contribution is -0.139. The van der Waals surface area contributed by atoms with Gasteiger partial charge in [-0.2, -0.15) is 0 Å². The lowest BCUT2D eigenvalue weighted by Crippen LogP contribution is -2.19. The quantitative estimate of drug-likeness (QED) is 0.877. The molecule has 0 bridgehead atoms. The molecule has 5 heteroatoms. The molecule has 1 heterocycles. The highest BCUT2D eigenvalue weighted by molar-refractivity contribution is 9.10. The molecule has 0 fully saturated rings. The third kappa shape index (κ3) is 1.75. The van der Waals surface area contributed by atoms with Crippen LogP contribution in [-0.2, 0) is 4.79 Å². The first-order valence-corrected chi connectivity index (χ1v) is 5.05. The maximum atomic E-state index is 10.7. The number of hydrogen-bond acceptors (Lipinski definition) is 3. The Labute approximate surface area is 93.8 Å². The van der Waals surface area contributed by atoms with E-state index < -0.39 is 12.0 Å². The normalized spacial score (nSPS) is 12.9. The molecule has 0 amide bonds. The molecular weight excluding hydrogens is 262 g/mol. The smallest absolute Gasteiger partial charge is 0.328 e. The number of nitrogens with two attached hydrogens (primary N) is 1. The minimum atomic E-state index is -1.12. The van der Waals surface area contributed by atoms with Crippen molar-refractivity contribution in [1.29, 1.82) is 0 Å². The summed E-state index contributed by atoms with van der Waals surface area (Å²) in [6.45, 7) is 0. The van der Waals surface area contributed by atoms with Gasteiger partial charge < -0.3 is 15.3 Å². The molecule has 0 aliphatic rings. The highest BCUT2D eigenvalue weighted by atomic mass is 79.9. The van der Waals surface area contributed by atoms with E-state index in [0.717, 1.165) is 9.86 Å². The Bertz CT molecular complexity index is 520. The fourth-order valence-corrected chi connectivity index (χ4v) is 1.78. The monoisotopic (exact) mass is 269 g/mol. The average molecular weight is 270 g/mol. The van der Waals surface area contributed by atoms with Crippen molar-refractivity contribution < 1.29 is 14.3 Å². The predicted molar refractivity (Wildman–Crippen MR) is 58.5 cm³/mol. The number of hydrogen-bond donors (Lipinski definition) is 2. The molecule has 0 saturated carbocycles. The van der Waals surface area contributed by atoms with E-state index in [4.69, 9.17) is 15.3 Å².